The van der Waals surface area contributed by atoms with Crippen molar-refractivity contribution in [3.63, 3.8) is 0 Å². The second-order valence-electron chi connectivity index (χ2n) is 12.4. The Morgan fingerprint density at radius 2 is 1.76 bits per heavy atom. The minimum Gasteiger partial charge on any atom is -0.493 e. The molecule has 5 aromatic rings. The Kier molecular flexibility index (Phi) is 10.5. The van der Waals surface area contributed by atoms with Gasteiger partial charge in [0, 0.05) is 27.7 Å². The normalized spacial score (nSPS) is 14.4. The van der Waals surface area contributed by atoms with E-state index in [0.717, 1.165) is 34.0 Å². The topological polar surface area (TPSA) is 93.3 Å². The summed E-state index contributed by atoms with van der Waals surface area (Å²) in [6.45, 7) is 12.0. The number of rotatable bonds is 11. The zero-order valence-electron chi connectivity index (χ0n) is 29.7. The number of ether oxygens (including phenoxy) is 4. The molecule has 0 saturated carbocycles. The van der Waals surface area contributed by atoms with Crippen molar-refractivity contribution in [1.29, 1.82) is 0 Å². The molecular weight excluding hydrogens is 686 g/mol. The first-order valence-electron chi connectivity index (χ1n) is 16.7. The summed E-state index contributed by atoms with van der Waals surface area (Å²) in [7, 11) is 1.56. The highest BCUT2D eigenvalue weighted by Gasteiger charge is 2.34. The second-order valence-corrected chi connectivity index (χ2v) is 13.8. The van der Waals surface area contributed by atoms with Crippen LogP contribution in [0.3, 0.4) is 0 Å². The minimum atomic E-state index is -0.782. The van der Waals surface area contributed by atoms with E-state index in [2.05, 4.69) is 10.6 Å². The van der Waals surface area contributed by atoms with Crippen molar-refractivity contribution in [2.75, 3.05) is 13.7 Å². The van der Waals surface area contributed by atoms with E-state index in [0.29, 0.717) is 49.3 Å². The predicted molar refractivity (Wildman–Crippen MR) is 200 cm³/mol. The summed E-state index contributed by atoms with van der Waals surface area (Å²) in [5, 5.41) is 0.670. The molecule has 1 atom stereocenters. The van der Waals surface area contributed by atoms with Gasteiger partial charge in [-0.3, -0.25) is 9.36 Å². The van der Waals surface area contributed by atoms with E-state index in [-0.39, 0.29) is 18.3 Å². The molecule has 3 aromatic carbocycles. The minimum absolute atomic E-state index is 0.0695. The van der Waals surface area contributed by atoms with Gasteiger partial charge in [0.15, 0.2) is 16.3 Å². The lowest BCUT2D eigenvalue weighted by Gasteiger charge is -2.25. The first kappa shape index (κ1) is 35.8. The summed E-state index contributed by atoms with van der Waals surface area (Å²) in [6.07, 6.45) is 1.82. The number of aromatic nitrogens is 2. The van der Waals surface area contributed by atoms with E-state index < -0.39 is 12.0 Å². The van der Waals surface area contributed by atoms with Gasteiger partial charge in [-0.1, -0.05) is 47.2 Å². The number of carbonyl (C=O) groups excluding carboxylic acids is 1. The van der Waals surface area contributed by atoms with Crippen LogP contribution in [0.2, 0.25) is 5.02 Å². The summed E-state index contributed by atoms with van der Waals surface area (Å²) in [4.78, 5) is 32.9. The zero-order chi connectivity index (χ0) is 36.4. The monoisotopic (exact) mass is 725 g/mol. The van der Waals surface area contributed by atoms with Gasteiger partial charge in [0.05, 0.1) is 41.7 Å². The number of carbonyl (C=O) groups is 1. The molecule has 0 aliphatic carbocycles. The van der Waals surface area contributed by atoms with Crippen molar-refractivity contribution < 1.29 is 23.7 Å². The molecule has 0 unspecified atom stereocenters. The van der Waals surface area contributed by atoms with E-state index >= 15 is 0 Å². The number of hydrogen-bond donors (Lipinski definition) is 0. The Bertz CT molecular complexity index is 2320. The van der Waals surface area contributed by atoms with Crippen LogP contribution in [0.4, 0.5) is 0 Å². The van der Waals surface area contributed by atoms with Crippen LogP contribution in [0.15, 0.2) is 93.9 Å². The maximum Gasteiger partial charge on any atom is 0.338 e. The first-order valence-corrected chi connectivity index (χ1v) is 17.9. The molecule has 264 valence electrons. The van der Waals surface area contributed by atoms with Gasteiger partial charge in [-0.2, -0.15) is 0 Å². The Balaban J connectivity index is 1.38. The van der Waals surface area contributed by atoms with Crippen LogP contribution in [0.5, 0.6) is 17.2 Å². The van der Waals surface area contributed by atoms with Crippen LogP contribution in [0.1, 0.15) is 61.8 Å². The molecule has 6 rings (SSSR count). The molecule has 0 N–H and O–H groups in total. The molecule has 0 saturated heterocycles. The number of thiazole rings is 1. The van der Waals surface area contributed by atoms with Crippen LogP contribution in [0.25, 0.3) is 11.8 Å². The molecule has 1 aliphatic rings. The van der Waals surface area contributed by atoms with Gasteiger partial charge in [0.1, 0.15) is 12.4 Å². The molecule has 2 aromatic heterocycles. The van der Waals surface area contributed by atoms with Crippen molar-refractivity contribution in [2.45, 2.75) is 60.3 Å². The average Bonchev–Trinajstić information content (AvgIpc) is 3.56. The summed E-state index contributed by atoms with van der Waals surface area (Å²) < 4.78 is 27.3. The van der Waals surface area contributed by atoms with Gasteiger partial charge in [0.25, 0.3) is 5.56 Å². The maximum atomic E-state index is 14.3. The molecule has 1 aliphatic heterocycles. The third kappa shape index (κ3) is 7.25. The fraction of sp³-hybridized carbons (Fsp3) is 0.275. The largest absolute Gasteiger partial charge is 0.493 e. The SMILES string of the molecule is CCOC(=O)C1=C(C)N=c2s/c(=C/c3cc(C)n(-c4ccc(OCc5ccccc5Cl)cc4)c3C)c(=O)n2[C@H]1c1ccc(OC(C)C)c(OC)c1. The van der Waals surface area contributed by atoms with Gasteiger partial charge in [-0.05, 0) is 107 Å². The van der Waals surface area contributed by atoms with Gasteiger partial charge in [-0.15, -0.1) is 0 Å². The Morgan fingerprint density at radius 1 is 1.02 bits per heavy atom. The summed E-state index contributed by atoms with van der Waals surface area (Å²) in [6, 6.07) is 22.2. The maximum absolute atomic E-state index is 14.3. The lowest BCUT2D eigenvalue weighted by atomic mass is 9.95. The van der Waals surface area contributed by atoms with Crippen LogP contribution in [0, 0.1) is 13.8 Å². The third-order valence-electron chi connectivity index (χ3n) is 8.59. The highest BCUT2D eigenvalue weighted by molar-refractivity contribution is 7.07. The quantitative estimate of drug-likeness (QED) is 0.133. The standard InChI is InChI=1S/C40H40ClN3O6S/c1-8-48-39(46)36-25(5)42-40-44(37(36)27-13-18-33(50-23(2)3)34(20-27)47-7)38(45)35(51-40)21-29-19-24(4)43(26(29)6)30-14-16-31(17-15-30)49-22-28-11-9-10-12-32(28)41/h9-21,23,37H,8,22H2,1-7H3/b35-21+/t37-/m0/s1. The van der Waals surface area contributed by atoms with Crippen LogP contribution < -0.4 is 29.1 Å². The fourth-order valence-electron chi connectivity index (χ4n) is 6.25. The highest BCUT2D eigenvalue weighted by Crippen LogP contribution is 2.36. The fourth-order valence-corrected chi connectivity index (χ4v) is 7.48. The van der Waals surface area contributed by atoms with Gasteiger partial charge in [0.2, 0.25) is 0 Å². The van der Waals surface area contributed by atoms with Gasteiger partial charge >= 0.3 is 5.97 Å². The van der Waals surface area contributed by atoms with Crippen molar-refractivity contribution in [1.82, 2.24) is 9.13 Å². The van der Waals surface area contributed by atoms with E-state index in [4.69, 9.17) is 35.5 Å². The molecule has 0 spiro atoms. The molecule has 3 heterocycles. The van der Waals surface area contributed by atoms with Gasteiger partial charge < -0.3 is 23.5 Å². The van der Waals surface area contributed by atoms with E-state index in [1.165, 1.54) is 11.3 Å². The molecule has 0 fully saturated rings. The van der Waals surface area contributed by atoms with Crippen molar-refractivity contribution in [3.8, 4) is 22.9 Å². The van der Waals surface area contributed by atoms with Crippen molar-refractivity contribution in [2.24, 2.45) is 4.99 Å². The number of hydrogen-bond acceptors (Lipinski definition) is 8. The lowest BCUT2D eigenvalue weighted by molar-refractivity contribution is -0.139. The smallest absolute Gasteiger partial charge is 0.338 e. The highest BCUT2D eigenvalue weighted by atomic mass is 35.5. The molecule has 51 heavy (non-hydrogen) atoms. The molecule has 11 heteroatoms. The Labute approximate surface area is 305 Å². The van der Waals surface area contributed by atoms with E-state index in [1.807, 2.05) is 88.4 Å². The van der Waals surface area contributed by atoms with E-state index in [1.54, 1.807) is 37.7 Å². The number of nitrogens with zero attached hydrogens (tertiary/aromatic N) is 3. The van der Waals surface area contributed by atoms with Crippen LogP contribution >= 0.6 is 22.9 Å². The number of aryl methyl sites for hydroxylation is 1. The lowest BCUT2D eigenvalue weighted by Crippen LogP contribution is -2.40. The summed E-state index contributed by atoms with van der Waals surface area (Å²) >= 11 is 7.58. The molecule has 0 bridgehead atoms. The molecular formula is C40H40ClN3O6S. The second kappa shape index (κ2) is 15.0. The molecule has 0 radical (unpaired) electrons. The Hall–Kier alpha value is -5.06. The van der Waals surface area contributed by atoms with Crippen molar-refractivity contribution >= 4 is 35.0 Å². The number of allylic oxidation sites excluding steroid dienone is 1. The van der Waals surface area contributed by atoms with E-state index in [9.17, 15) is 9.59 Å². The number of benzene rings is 3. The summed E-state index contributed by atoms with van der Waals surface area (Å²) in [5.41, 5.74) is 5.95. The number of esters is 1. The van der Waals surface area contributed by atoms with Crippen molar-refractivity contribution in [3.05, 3.63) is 137 Å². The molecule has 9 nitrogen and oxygen atoms in total. The molecule has 0 amide bonds. The number of methoxy groups -OCH3 is 1. The Morgan fingerprint density at radius 3 is 2.45 bits per heavy atom. The number of fused-ring (bicyclic) bond motifs is 1. The third-order valence-corrected chi connectivity index (χ3v) is 9.94. The van der Waals surface area contributed by atoms with Crippen LogP contribution in [-0.2, 0) is 16.1 Å². The average molecular weight is 726 g/mol. The van der Waals surface area contributed by atoms with Crippen LogP contribution in [-0.4, -0.2) is 34.9 Å². The van der Waals surface area contributed by atoms with Gasteiger partial charge in [-0.25, -0.2) is 9.79 Å². The first-order chi connectivity index (χ1) is 24.5. The number of halogens is 1. The predicted octanol–water partition coefficient (Wildman–Crippen LogP) is 7.23. The zero-order valence-corrected chi connectivity index (χ0v) is 31.2. The summed E-state index contributed by atoms with van der Waals surface area (Å²) in [5.74, 6) is 1.27.